The number of nitrogens with zero attached hydrogens (tertiary/aromatic N) is 3. The topological polar surface area (TPSA) is 41.1 Å². The molecule has 0 aliphatic carbocycles. The molecule has 2 aromatic rings. The van der Waals surface area contributed by atoms with Gasteiger partial charge in [-0.05, 0) is 37.1 Å². The third-order valence-corrected chi connectivity index (χ3v) is 3.15. The van der Waals surface area contributed by atoms with Gasteiger partial charge in [-0.15, -0.1) is 0 Å². The van der Waals surface area contributed by atoms with Crippen molar-refractivity contribution < 1.29 is 0 Å². The van der Waals surface area contributed by atoms with Crippen LogP contribution in [-0.2, 0) is 0 Å². The van der Waals surface area contributed by atoms with Gasteiger partial charge in [-0.25, -0.2) is 4.98 Å². The molecule has 20 heavy (non-hydrogen) atoms. The molecule has 0 aliphatic rings. The van der Waals surface area contributed by atoms with E-state index >= 15 is 0 Å². The number of rotatable bonds is 6. The van der Waals surface area contributed by atoms with Gasteiger partial charge in [0.25, 0.3) is 0 Å². The summed E-state index contributed by atoms with van der Waals surface area (Å²) < 4.78 is 0. The first-order valence-electron chi connectivity index (χ1n) is 7.07. The van der Waals surface area contributed by atoms with E-state index in [-0.39, 0.29) is 0 Å². The first-order chi connectivity index (χ1) is 9.69. The van der Waals surface area contributed by atoms with E-state index in [0.717, 1.165) is 18.1 Å². The van der Waals surface area contributed by atoms with Crippen LogP contribution in [0.2, 0.25) is 0 Å². The smallest absolute Gasteiger partial charge is 0.229 e. The highest BCUT2D eigenvalue weighted by atomic mass is 15.2. The number of aromatic nitrogens is 2. The van der Waals surface area contributed by atoms with E-state index in [1.165, 1.54) is 18.4 Å². The normalized spacial score (nSPS) is 10.3. The summed E-state index contributed by atoms with van der Waals surface area (Å²) in [4.78, 5) is 11.0. The van der Waals surface area contributed by atoms with E-state index in [0.29, 0.717) is 5.95 Å². The molecule has 0 spiro atoms. The standard InChI is InChI=1S/C16H22N4/c1-4-5-11-20(3)15-9-10-17-16(19-15)18-14-8-6-7-13(2)12-14/h6-10,12H,4-5,11H2,1-3H3,(H,17,18,19). The van der Waals surface area contributed by atoms with E-state index in [9.17, 15) is 0 Å². The summed E-state index contributed by atoms with van der Waals surface area (Å²) in [6.07, 6.45) is 4.15. The van der Waals surface area contributed by atoms with Crippen LogP contribution in [0, 0.1) is 6.92 Å². The highest BCUT2D eigenvalue weighted by Gasteiger charge is 2.04. The molecule has 1 heterocycles. The summed E-state index contributed by atoms with van der Waals surface area (Å²) in [5.41, 5.74) is 2.23. The van der Waals surface area contributed by atoms with Crippen LogP contribution >= 0.6 is 0 Å². The Morgan fingerprint density at radius 2 is 2.10 bits per heavy atom. The van der Waals surface area contributed by atoms with Crippen LogP contribution in [0.3, 0.4) is 0 Å². The Balaban J connectivity index is 2.09. The molecule has 0 atom stereocenters. The molecule has 0 saturated carbocycles. The molecule has 0 unspecified atom stereocenters. The first-order valence-corrected chi connectivity index (χ1v) is 7.07. The highest BCUT2D eigenvalue weighted by molar-refractivity contribution is 5.55. The third-order valence-electron chi connectivity index (χ3n) is 3.15. The molecule has 0 aliphatic heterocycles. The maximum Gasteiger partial charge on any atom is 0.229 e. The number of hydrogen-bond acceptors (Lipinski definition) is 4. The molecule has 0 amide bonds. The van der Waals surface area contributed by atoms with Crippen molar-refractivity contribution in [2.75, 3.05) is 23.8 Å². The second-order valence-corrected chi connectivity index (χ2v) is 5.01. The van der Waals surface area contributed by atoms with Gasteiger partial charge in [0.05, 0.1) is 0 Å². The van der Waals surface area contributed by atoms with Gasteiger partial charge in [0.1, 0.15) is 5.82 Å². The van der Waals surface area contributed by atoms with Crippen molar-refractivity contribution in [3.63, 3.8) is 0 Å². The third kappa shape index (κ3) is 3.95. The predicted molar refractivity (Wildman–Crippen MR) is 84.7 cm³/mol. The van der Waals surface area contributed by atoms with Crippen LogP contribution in [0.4, 0.5) is 17.5 Å². The predicted octanol–water partition coefficient (Wildman–Crippen LogP) is 3.76. The molecule has 1 aromatic carbocycles. The second kappa shape index (κ2) is 6.89. The number of unbranched alkanes of at least 4 members (excludes halogenated alkanes) is 1. The first kappa shape index (κ1) is 14.3. The Morgan fingerprint density at radius 3 is 2.85 bits per heavy atom. The zero-order chi connectivity index (χ0) is 14.4. The highest BCUT2D eigenvalue weighted by Crippen LogP contribution is 2.16. The monoisotopic (exact) mass is 270 g/mol. The van der Waals surface area contributed by atoms with Crippen molar-refractivity contribution in [3.8, 4) is 0 Å². The van der Waals surface area contributed by atoms with Crippen LogP contribution < -0.4 is 10.2 Å². The summed E-state index contributed by atoms with van der Waals surface area (Å²) in [5, 5.41) is 3.25. The Bertz CT molecular complexity index is 554. The van der Waals surface area contributed by atoms with Crippen LogP contribution in [0.1, 0.15) is 25.3 Å². The van der Waals surface area contributed by atoms with E-state index in [1.807, 2.05) is 18.2 Å². The van der Waals surface area contributed by atoms with Gasteiger partial charge < -0.3 is 10.2 Å². The van der Waals surface area contributed by atoms with E-state index in [2.05, 4.69) is 53.2 Å². The second-order valence-electron chi connectivity index (χ2n) is 5.01. The molecule has 1 N–H and O–H groups in total. The summed E-state index contributed by atoms with van der Waals surface area (Å²) in [6.45, 7) is 5.27. The van der Waals surface area contributed by atoms with Crippen molar-refractivity contribution in [2.45, 2.75) is 26.7 Å². The Labute approximate surface area is 120 Å². The zero-order valence-electron chi connectivity index (χ0n) is 12.4. The number of aryl methyl sites for hydroxylation is 1. The lowest BCUT2D eigenvalue weighted by Crippen LogP contribution is -2.19. The summed E-state index contributed by atoms with van der Waals surface area (Å²) in [5.74, 6) is 1.58. The summed E-state index contributed by atoms with van der Waals surface area (Å²) in [7, 11) is 2.06. The van der Waals surface area contributed by atoms with E-state index < -0.39 is 0 Å². The van der Waals surface area contributed by atoms with Crippen molar-refractivity contribution in [1.82, 2.24) is 9.97 Å². The number of nitrogens with one attached hydrogen (secondary N) is 1. The Hall–Kier alpha value is -2.10. The Morgan fingerprint density at radius 1 is 1.25 bits per heavy atom. The van der Waals surface area contributed by atoms with Crippen molar-refractivity contribution in [1.29, 1.82) is 0 Å². The van der Waals surface area contributed by atoms with E-state index in [4.69, 9.17) is 0 Å². The lowest BCUT2D eigenvalue weighted by Gasteiger charge is -2.18. The molecule has 1 aromatic heterocycles. The SMILES string of the molecule is CCCCN(C)c1ccnc(Nc2cccc(C)c2)n1. The molecule has 0 fully saturated rings. The zero-order valence-corrected chi connectivity index (χ0v) is 12.4. The number of anilines is 3. The van der Waals surface area contributed by atoms with Crippen molar-refractivity contribution in [3.05, 3.63) is 42.1 Å². The Kier molecular flexibility index (Phi) is 4.93. The lowest BCUT2D eigenvalue weighted by molar-refractivity contribution is 0.759. The minimum absolute atomic E-state index is 0.636. The lowest BCUT2D eigenvalue weighted by atomic mass is 10.2. The largest absolute Gasteiger partial charge is 0.360 e. The molecule has 4 nitrogen and oxygen atoms in total. The molecular weight excluding hydrogens is 248 g/mol. The van der Waals surface area contributed by atoms with Gasteiger partial charge in [-0.2, -0.15) is 4.98 Å². The molecular formula is C16H22N4. The van der Waals surface area contributed by atoms with Crippen LogP contribution in [0.5, 0.6) is 0 Å². The number of benzene rings is 1. The molecule has 0 bridgehead atoms. The fourth-order valence-electron chi connectivity index (χ4n) is 1.98. The maximum absolute atomic E-state index is 4.55. The average Bonchev–Trinajstić information content (AvgIpc) is 2.45. The van der Waals surface area contributed by atoms with Crippen molar-refractivity contribution >= 4 is 17.5 Å². The molecule has 0 saturated heterocycles. The van der Waals surface area contributed by atoms with Crippen LogP contribution in [0.25, 0.3) is 0 Å². The average molecular weight is 270 g/mol. The number of hydrogen-bond donors (Lipinski definition) is 1. The maximum atomic E-state index is 4.55. The van der Waals surface area contributed by atoms with Gasteiger partial charge in [0, 0.05) is 25.5 Å². The van der Waals surface area contributed by atoms with Crippen LogP contribution in [0.15, 0.2) is 36.5 Å². The molecule has 106 valence electrons. The van der Waals surface area contributed by atoms with Gasteiger partial charge in [-0.1, -0.05) is 25.5 Å². The minimum Gasteiger partial charge on any atom is -0.360 e. The fourth-order valence-corrected chi connectivity index (χ4v) is 1.98. The van der Waals surface area contributed by atoms with Gasteiger partial charge >= 0.3 is 0 Å². The van der Waals surface area contributed by atoms with Gasteiger partial charge in [0.15, 0.2) is 0 Å². The van der Waals surface area contributed by atoms with Gasteiger partial charge in [0.2, 0.25) is 5.95 Å². The summed E-state index contributed by atoms with van der Waals surface area (Å²) >= 11 is 0. The minimum atomic E-state index is 0.636. The van der Waals surface area contributed by atoms with Crippen molar-refractivity contribution in [2.24, 2.45) is 0 Å². The molecule has 2 rings (SSSR count). The van der Waals surface area contributed by atoms with Gasteiger partial charge in [-0.3, -0.25) is 0 Å². The van der Waals surface area contributed by atoms with Crippen LogP contribution in [-0.4, -0.2) is 23.6 Å². The molecule has 4 heteroatoms. The summed E-state index contributed by atoms with van der Waals surface area (Å²) in [6, 6.07) is 10.1. The van der Waals surface area contributed by atoms with E-state index in [1.54, 1.807) is 6.20 Å². The quantitative estimate of drug-likeness (QED) is 0.867. The fraction of sp³-hybridized carbons (Fsp3) is 0.375. The molecule has 0 radical (unpaired) electrons.